The molecule has 0 radical (unpaired) electrons. The summed E-state index contributed by atoms with van der Waals surface area (Å²) in [5, 5.41) is 23.3. The van der Waals surface area contributed by atoms with Crippen molar-refractivity contribution in [2.24, 2.45) is 5.92 Å². The third-order valence-corrected chi connectivity index (χ3v) is 3.53. The molecule has 1 unspecified atom stereocenters. The van der Waals surface area contributed by atoms with E-state index in [-0.39, 0.29) is 18.4 Å². The normalized spacial score (nSPS) is 14.9. The fourth-order valence-corrected chi connectivity index (χ4v) is 2.27. The van der Waals surface area contributed by atoms with E-state index in [0.29, 0.717) is 11.3 Å². The summed E-state index contributed by atoms with van der Waals surface area (Å²) in [6.45, 7) is 1.79. The number of aryl methyl sites for hydroxylation is 1. The molecule has 0 aromatic heterocycles. The van der Waals surface area contributed by atoms with Crippen LogP contribution in [0.1, 0.15) is 30.4 Å². The Labute approximate surface area is 122 Å². The van der Waals surface area contributed by atoms with Crippen LogP contribution in [0.3, 0.4) is 0 Å². The number of carboxylic acid groups (broad SMARTS) is 1. The molecule has 1 aromatic rings. The lowest BCUT2D eigenvalue weighted by atomic mass is 10.1. The van der Waals surface area contributed by atoms with Gasteiger partial charge in [-0.25, -0.2) is 4.79 Å². The second-order valence-corrected chi connectivity index (χ2v) is 5.25. The van der Waals surface area contributed by atoms with Crippen LogP contribution in [-0.2, 0) is 4.79 Å². The Morgan fingerprint density at radius 3 is 2.76 bits per heavy atom. The molecule has 2 rings (SSSR count). The van der Waals surface area contributed by atoms with E-state index in [4.69, 9.17) is 10.4 Å². The molecular formula is C15H17N3O3. The van der Waals surface area contributed by atoms with Crippen LogP contribution < -0.4 is 10.6 Å². The van der Waals surface area contributed by atoms with Gasteiger partial charge in [0.1, 0.15) is 6.07 Å². The lowest BCUT2D eigenvalue weighted by molar-refractivity contribution is -0.137. The Kier molecular flexibility index (Phi) is 4.43. The Hall–Kier alpha value is -2.55. The minimum atomic E-state index is -0.930. The maximum Gasteiger partial charge on any atom is 0.319 e. The second-order valence-electron chi connectivity index (χ2n) is 5.25. The van der Waals surface area contributed by atoms with Gasteiger partial charge in [-0.05, 0) is 37.3 Å². The molecule has 1 aromatic carbocycles. The number of amides is 2. The zero-order chi connectivity index (χ0) is 15.4. The van der Waals surface area contributed by atoms with Crippen LogP contribution in [0.4, 0.5) is 10.5 Å². The molecule has 21 heavy (non-hydrogen) atoms. The van der Waals surface area contributed by atoms with Crippen molar-refractivity contribution in [2.45, 2.75) is 32.2 Å². The number of anilines is 1. The molecule has 1 atom stereocenters. The molecule has 1 aliphatic carbocycles. The summed E-state index contributed by atoms with van der Waals surface area (Å²) in [5.74, 6) is -0.694. The highest BCUT2D eigenvalue weighted by Gasteiger charge is 2.33. The number of rotatable bonds is 5. The number of nitriles is 1. The Balaban J connectivity index is 2.03. The molecule has 0 aliphatic heterocycles. The number of carbonyl (C=O) groups excluding carboxylic acids is 1. The van der Waals surface area contributed by atoms with Crippen molar-refractivity contribution in [1.82, 2.24) is 5.32 Å². The molecule has 6 nitrogen and oxygen atoms in total. The highest BCUT2D eigenvalue weighted by Crippen LogP contribution is 2.34. The van der Waals surface area contributed by atoms with E-state index in [2.05, 4.69) is 16.7 Å². The minimum Gasteiger partial charge on any atom is -0.481 e. The Morgan fingerprint density at radius 1 is 1.48 bits per heavy atom. The van der Waals surface area contributed by atoms with Crippen molar-refractivity contribution in [3.8, 4) is 6.07 Å². The predicted octanol–water partition coefficient (Wildman–Crippen LogP) is 2.24. The van der Waals surface area contributed by atoms with Gasteiger partial charge in [-0.1, -0.05) is 12.1 Å². The first-order valence-electron chi connectivity index (χ1n) is 6.80. The molecule has 1 saturated carbocycles. The first kappa shape index (κ1) is 14.9. The summed E-state index contributed by atoms with van der Waals surface area (Å²) in [5.41, 5.74) is 1.62. The number of benzene rings is 1. The average Bonchev–Trinajstić information content (AvgIpc) is 3.21. The number of urea groups is 1. The number of aliphatic carboxylic acids is 1. The van der Waals surface area contributed by atoms with Crippen LogP contribution in [0.2, 0.25) is 0 Å². The first-order valence-corrected chi connectivity index (χ1v) is 6.80. The fourth-order valence-electron chi connectivity index (χ4n) is 2.27. The lowest BCUT2D eigenvalue weighted by Crippen LogP contribution is -2.40. The second kappa shape index (κ2) is 6.27. The summed E-state index contributed by atoms with van der Waals surface area (Å²) in [4.78, 5) is 22.8. The van der Waals surface area contributed by atoms with E-state index in [9.17, 15) is 9.59 Å². The van der Waals surface area contributed by atoms with Crippen molar-refractivity contribution >= 4 is 17.7 Å². The van der Waals surface area contributed by atoms with Gasteiger partial charge in [0.15, 0.2) is 0 Å². The lowest BCUT2D eigenvalue weighted by Gasteiger charge is -2.17. The van der Waals surface area contributed by atoms with E-state index in [1.54, 1.807) is 25.1 Å². The molecule has 1 aliphatic rings. The quantitative estimate of drug-likeness (QED) is 0.772. The van der Waals surface area contributed by atoms with E-state index in [0.717, 1.165) is 18.4 Å². The van der Waals surface area contributed by atoms with Gasteiger partial charge < -0.3 is 15.7 Å². The van der Waals surface area contributed by atoms with Crippen LogP contribution in [0.15, 0.2) is 18.2 Å². The summed E-state index contributed by atoms with van der Waals surface area (Å²) in [6, 6.07) is 6.40. The number of nitrogens with zero attached hydrogens (tertiary/aromatic N) is 1. The highest BCUT2D eigenvalue weighted by molar-refractivity contribution is 5.91. The van der Waals surface area contributed by atoms with Gasteiger partial charge in [0.2, 0.25) is 0 Å². The molecular weight excluding hydrogens is 270 g/mol. The van der Waals surface area contributed by atoms with Gasteiger partial charge in [0.05, 0.1) is 17.7 Å². The zero-order valence-electron chi connectivity index (χ0n) is 11.7. The van der Waals surface area contributed by atoms with Crippen LogP contribution in [0.5, 0.6) is 0 Å². The van der Waals surface area contributed by atoms with Gasteiger partial charge in [0, 0.05) is 6.04 Å². The molecule has 0 saturated heterocycles. The molecule has 0 spiro atoms. The van der Waals surface area contributed by atoms with E-state index < -0.39 is 12.0 Å². The Bertz CT molecular complexity index is 603. The van der Waals surface area contributed by atoms with Gasteiger partial charge in [-0.15, -0.1) is 0 Å². The van der Waals surface area contributed by atoms with Crippen molar-refractivity contribution in [1.29, 1.82) is 5.26 Å². The third-order valence-electron chi connectivity index (χ3n) is 3.53. The zero-order valence-corrected chi connectivity index (χ0v) is 11.7. The monoisotopic (exact) mass is 287 g/mol. The molecule has 0 heterocycles. The first-order chi connectivity index (χ1) is 10.0. The van der Waals surface area contributed by atoms with Gasteiger partial charge in [-0.3, -0.25) is 4.79 Å². The molecule has 2 amide bonds. The van der Waals surface area contributed by atoms with Gasteiger partial charge >= 0.3 is 12.0 Å². The standard InChI is InChI=1S/C15H17N3O3/c1-9-3-2-4-12(11(9)8-16)17-15(21)18-13(7-14(19)20)10-5-6-10/h2-4,10,13H,5-7H2,1H3,(H,19,20)(H2,17,18,21). The maximum atomic E-state index is 12.0. The smallest absolute Gasteiger partial charge is 0.319 e. The highest BCUT2D eigenvalue weighted by atomic mass is 16.4. The van der Waals surface area contributed by atoms with Crippen LogP contribution >= 0.6 is 0 Å². The van der Waals surface area contributed by atoms with Gasteiger partial charge in [-0.2, -0.15) is 5.26 Å². The van der Waals surface area contributed by atoms with E-state index in [1.807, 2.05) is 0 Å². The number of nitrogens with one attached hydrogen (secondary N) is 2. The summed E-state index contributed by atoms with van der Waals surface area (Å²) in [6.07, 6.45) is 1.79. The largest absolute Gasteiger partial charge is 0.481 e. The Morgan fingerprint density at radius 2 is 2.19 bits per heavy atom. The number of hydrogen-bond acceptors (Lipinski definition) is 3. The van der Waals surface area contributed by atoms with Crippen LogP contribution in [0.25, 0.3) is 0 Å². The number of carboxylic acids is 1. The molecule has 3 N–H and O–H groups in total. The molecule has 0 bridgehead atoms. The van der Waals surface area contributed by atoms with Crippen LogP contribution in [0, 0.1) is 24.2 Å². The minimum absolute atomic E-state index is 0.0863. The SMILES string of the molecule is Cc1cccc(NC(=O)NC(CC(=O)O)C2CC2)c1C#N. The summed E-state index contributed by atoms with van der Waals surface area (Å²) < 4.78 is 0. The summed E-state index contributed by atoms with van der Waals surface area (Å²) in [7, 11) is 0. The van der Waals surface area contributed by atoms with E-state index in [1.165, 1.54) is 0 Å². The van der Waals surface area contributed by atoms with Crippen molar-refractivity contribution in [3.05, 3.63) is 29.3 Å². The fraction of sp³-hybridized carbons (Fsp3) is 0.400. The average molecular weight is 287 g/mol. The van der Waals surface area contributed by atoms with Crippen molar-refractivity contribution in [2.75, 3.05) is 5.32 Å². The molecule has 6 heteroatoms. The maximum absolute atomic E-state index is 12.0. The summed E-state index contributed by atoms with van der Waals surface area (Å²) >= 11 is 0. The third kappa shape index (κ3) is 3.96. The molecule has 110 valence electrons. The van der Waals surface area contributed by atoms with Crippen molar-refractivity contribution in [3.63, 3.8) is 0 Å². The van der Waals surface area contributed by atoms with Crippen LogP contribution in [-0.4, -0.2) is 23.1 Å². The van der Waals surface area contributed by atoms with E-state index >= 15 is 0 Å². The topological polar surface area (TPSA) is 102 Å². The number of carbonyl (C=O) groups is 2. The van der Waals surface area contributed by atoms with Crippen molar-refractivity contribution < 1.29 is 14.7 Å². The number of hydrogen-bond donors (Lipinski definition) is 3. The van der Waals surface area contributed by atoms with Gasteiger partial charge in [0.25, 0.3) is 0 Å². The predicted molar refractivity (Wildman–Crippen MR) is 76.8 cm³/mol. The molecule has 1 fully saturated rings.